The Bertz CT molecular complexity index is 583. The molecular weight excluding hydrogens is 286 g/mol. The summed E-state index contributed by atoms with van der Waals surface area (Å²) in [5.74, 6) is 1.60. The van der Waals surface area contributed by atoms with Gasteiger partial charge in [0.05, 0.1) is 19.3 Å². The fourth-order valence-corrected chi connectivity index (χ4v) is 2.56. The number of rotatable bonds is 3. The van der Waals surface area contributed by atoms with Crippen molar-refractivity contribution in [1.82, 2.24) is 4.90 Å². The van der Waals surface area contributed by atoms with Crippen molar-refractivity contribution in [3.05, 3.63) is 59.1 Å². The molecule has 1 heterocycles. The van der Waals surface area contributed by atoms with E-state index in [0.717, 1.165) is 31.3 Å². The highest BCUT2D eigenvalue weighted by atomic mass is 35.5. The topological polar surface area (TPSA) is 21.7 Å². The van der Waals surface area contributed by atoms with Gasteiger partial charge >= 0.3 is 0 Å². The lowest BCUT2D eigenvalue weighted by Gasteiger charge is -2.32. The quantitative estimate of drug-likeness (QED) is 0.851. The minimum Gasteiger partial charge on any atom is -0.457 e. The molecule has 0 N–H and O–H groups in total. The Labute approximate surface area is 130 Å². The molecule has 2 aromatic rings. The van der Waals surface area contributed by atoms with Crippen molar-refractivity contribution in [2.45, 2.75) is 6.04 Å². The number of likely N-dealkylation sites (N-methyl/N-ethyl adjacent to an activating group) is 1. The maximum atomic E-state index is 5.86. The second-order valence-corrected chi connectivity index (χ2v) is 5.63. The Hall–Kier alpha value is -1.55. The van der Waals surface area contributed by atoms with Gasteiger partial charge in [-0.25, -0.2) is 0 Å². The largest absolute Gasteiger partial charge is 0.457 e. The van der Waals surface area contributed by atoms with Crippen molar-refractivity contribution in [2.75, 3.05) is 26.8 Å². The zero-order valence-corrected chi connectivity index (χ0v) is 12.7. The van der Waals surface area contributed by atoms with E-state index in [2.05, 4.69) is 24.1 Å². The van der Waals surface area contributed by atoms with Crippen molar-refractivity contribution in [3.63, 3.8) is 0 Å². The second-order valence-electron chi connectivity index (χ2n) is 5.20. The third kappa shape index (κ3) is 3.56. The number of ether oxygens (including phenoxy) is 2. The molecule has 110 valence electrons. The van der Waals surface area contributed by atoms with Crippen molar-refractivity contribution in [1.29, 1.82) is 0 Å². The Morgan fingerprint density at radius 1 is 1.05 bits per heavy atom. The molecule has 3 rings (SSSR count). The van der Waals surface area contributed by atoms with Gasteiger partial charge in [0.1, 0.15) is 11.5 Å². The fraction of sp³-hybridized carbons (Fsp3) is 0.294. The van der Waals surface area contributed by atoms with E-state index in [9.17, 15) is 0 Å². The summed E-state index contributed by atoms with van der Waals surface area (Å²) in [7, 11) is 2.13. The maximum Gasteiger partial charge on any atom is 0.127 e. The lowest BCUT2D eigenvalue weighted by Crippen LogP contribution is -2.36. The third-order valence-electron chi connectivity index (χ3n) is 3.71. The standard InChI is InChI=1S/C17H18ClNO2/c1-19-10-11-20-12-17(19)13-2-6-15(7-3-13)21-16-8-4-14(18)5-9-16/h2-9,17H,10-12H2,1H3. The highest BCUT2D eigenvalue weighted by Gasteiger charge is 2.20. The zero-order valence-electron chi connectivity index (χ0n) is 12.0. The molecule has 1 saturated heterocycles. The van der Waals surface area contributed by atoms with Gasteiger partial charge in [-0.3, -0.25) is 4.90 Å². The molecule has 1 aliphatic rings. The van der Waals surface area contributed by atoms with Gasteiger partial charge in [0.2, 0.25) is 0 Å². The lowest BCUT2D eigenvalue weighted by molar-refractivity contribution is 0.00505. The van der Waals surface area contributed by atoms with E-state index in [1.165, 1.54) is 5.56 Å². The van der Waals surface area contributed by atoms with Gasteiger partial charge in [-0.2, -0.15) is 0 Å². The van der Waals surface area contributed by atoms with Crippen molar-refractivity contribution in [2.24, 2.45) is 0 Å². The van der Waals surface area contributed by atoms with Crippen LogP contribution in [-0.4, -0.2) is 31.7 Å². The fourth-order valence-electron chi connectivity index (χ4n) is 2.43. The Balaban J connectivity index is 1.70. The normalized spacial score (nSPS) is 19.4. The van der Waals surface area contributed by atoms with Crippen LogP contribution in [0.4, 0.5) is 0 Å². The van der Waals surface area contributed by atoms with Crippen LogP contribution >= 0.6 is 11.6 Å². The molecule has 0 radical (unpaired) electrons. The minimum absolute atomic E-state index is 0.323. The summed E-state index contributed by atoms with van der Waals surface area (Å²) in [4.78, 5) is 2.32. The molecule has 1 unspecified atom stereocenters. The van der Waals surface area contributed by atoms with Gasteiger partial charge in [-0.15, -0.1) is 0 Å². The van der Waals surface area contributed by atoms with Crippen LogP contribution in [0.1, 0.15) is 11.6 Å². The maximum absolute atomic E-state index is 5.86. The Morgan fingerprint density at radius 2 is 1.67 bits per heavy atom. The third-order valence-corrected chi connectivity index (χ3v) is 3.96. The number of morpholine rings is 1. The van der Waals surface area contributed by atoms with Crippen LogP contribution in [0, 0.1) is 0 Å². The van der Waals surface area contributed by atoms with E-state index < -0.39 is 0 Å². The second kappa shape index (κ2) is 6.48. The summed E-state index contributed by atoms with van der Waals surface area (Å²) in [6, 6.07) is 15.9. The molecule has 1 atom stereocenters. The van der Waals surface area contributed by atoms with Crippen LogP contribution < -0.4 is 4.74 Å². The smallest absolute Gasteiger partial charge is 0.127 e. The molecule has 3 nitrogen and oxygen atoms in total. The highest BCUT2D eigenvalue weighted by Crippen LogP contribution is 2.27. The molecule has 21 heavy (non-hydrogen) atoms. The van der Waals surface area contributed by atoms with E-state index in [4.69, 9.17) is 21.1 Å². The minimum atomic E-state index is 0.323. The summed E-state index contributed by atoms with van der Waals surface area (Å²) >= 11 is 5.86. The van der Waals surface area contributed by atoms with Gasteiger partial charge < -0.3 is 9.47 Å². The average Bonchev–Trinajstić information content (AvgIpc) is 2.51. The number of nitrogens with zero attached hydrogens (tertiary/aromatic N) is 1. The van der Waals surface area contributed by atoms with E-state index in [1.54, 1.807) is 0 Å². The molecule has 1 fully saturated rings. The Morgan fingerprint density at radius 3 is 2.29 bits per heavy atom. The first-order chi connectivity index (χ1) is 10.2. The highest BCUT2D eigenvalue weighted by molar-refractivity contribution is 6.30. The molecule has 1 aliphatic heterocycles. The lowest BCUT2D eigenvalue weighted by atomic mass is 10.1. The Kier molecular flexibility index (Phi) is 4.44. The van der Waals surface area contributed by atoms with Crippen LogP contribution in [0.5, 0.6) is 11.5 Å². The molecule has 2 aromatic carbocycles. The van der Waals surface area contributed by atoms with Gasteiger partial charge in [-0.1, -0.05) is 23.7 Å². The average molecular weight is 304 g/mol. The van der Waals surface area contributed by atoms with Crippen molar-refractivity contribution >= 4 is 11.6 Å². The van der Waals surface area contributed by atoms with Crippen LogP contribution in [-0.2, 0) is 4.74 Å². The van der Waals surface area contributed by atoms with Crippen molar-refractivity contribution in [3.8, 4) is 11.5 Å². The van der Waals surface area contributed by atoms with Crippen LogP contribution in [0.25, 0.3) is 0 Å². The van der Waals surface area contributed by atoms with Crippen LogP contribution in [0.15, 0.2) is 48.5 Å². The zero-order chi connectivity index (χ0) is 14.7. The molecule has 0 spiro atoms. The monoisotopic (exact) mass is 303 g/mol. The van der Waals surface area contributed by atoms with Gasteiger partial charge in [0, 0.05) is 11.6 Å². The van der Waals surface area contributed by atoms with E-state index in [1.807, 2.05) is 36.4 Å². The van der Waals surface area contributed by atoms with Crippen LogP contribution in [0.3, 0.4) is 0 Å². The number of hydrogen-bond donors (Lipinski definition) is 0. The molecule has 0 aliphatic carbocycles. The van der Waals surface area contributed by atoms with Crippen molar-refractivity contribution < 1.29 is 9.47 Å². The van der Waals surface area contributed by atoms with Crippen LogP contribution in [0.2, 0.25) is 5.02 Å². The molecule has 0 bridgehead atoms. The summed E-state index contributed by atoms with van der Waals surface area (Å²) in [5.41, 5.74) is 1.25. The number of benzene rings is 2. The molecule has 4 heteroatoms. The molecule has 0 amide bonds. The van der Waals surface area contributed by atoms with E-state index in [0.29, 0.717) is 11.1 Å². The first-order valence-corrected chi connectivity index (χ1v) is 7.41. The van der Waals surface area contributed by atoms with Gasteiger partial charge in [-0.05, 0) is 49.0 Å². The molecular formula is C17H18ClNO2. The predicted molar refractivity (Wildman–Crippen MR) is 84.2 cm³/mol. The molecule has 0 aromatic heterocycles. The summed E-state index contributed by atoms with van der Waals surface area (Å²) < 4.78 is 11.4. The SMILES string of the molecule is CN1CCOCC1c1ccc(Oc2ccc(Cl)cc2)cc1. The van der Waals surface area contributed by atoms with Gasteiger partial charge in [0.15, 0.2) is 0 Å². The summed E-state index contributed by atoms with van der Waals surface area (Å²) in [5, 5.41) is 0.707. The molecule has 0 saturated carbocycles. The number of hydrogen-bond acceptors (Lipinski definition) is 3. The van der Waals surface area contributed by atoms with E-state index >= 15 is 0 Å². The number of halogens is 1. The summed E-state index contributed by atoms with van der Waals surface area (Å²) in [6.45, 7) is 2.52. The summed E-state index contributed by atoms with van der Waals surface area (Å²) in [6.07, 6.45) is 0. The first-order valence-electron chi connectivity index (χ1n) is 7.04. The van der Waals surface area contributed by atoms with E-state index in [-0.39, 0.29) is 0 Å². The predicted octanol–water partition coefficient (Wildman–Crippen LogP) is 4.14. The van der Waals surface area contributed by atoms with Gasteiger partial charge in [0.25, 0.3) is 0 Å². The first kappa shape index (κ1) is 14.4.